The van der Waals surface area contributed by atoms with Gasteiger partial charge in [-0.1, -0.05) is 0 Å². The largest absolute Gasteiger partial charge is 0.479 e. The number of ether oxygens (including phenoxy) is 3. The highest BCUT2D eigenvalue weighted by Crippen LogP contribution is 2.20. The average Bonchev–Trinajstić information content (AvgIpc) is 2.54. The van der Waals surface area contributed by atoms with Crippen LogP contribution in [0.2, 0.25) is 0 Å². The van der Waals surface area contributed by atoms with Crippen LogP contribution in [0.3, 0.4) is 0 Å². The van der Waals surface area contributed by atoms with Gasteiger partial charge in [-0.15, -0.1) is 0 Å². The summed E-state index contributed by atoms with van der Waals surface area (Å²) in [5.74, 6) is -0.414. The number of rotatable bonds is 4. The fraction of sp³-hybridized carbons (Fsp3) is 0.231. The molecule has 0 aromatic carbocycles. The summed E-state index contributed by atoms with van der Waals surface area (Å²) in [6.45, 7) is 0. The molecule has 0 unspecified atom stereocenters. The van der Waals surface area contributed by atoms with E-state index in [1.54, 1.807) is 0 Å². The number of carbonyl (C=O) groups is 1. The summed E-state index contributed by atoms with van der Waals surface area (Å²) in [6.07, 6.45) is 2.70. The van der Waals surface area contributed by atoms with Gasteiger partial charge in [0.15, 0.2) is 0 Å². The first-order valence-corrected chi connectivity index (χ1v) is 5.87. The third-order valence-corrected chi connectivity index (χ3v) is 2.68. The summed E-state index contributed by atoms with van der Waals surface area (Å²) in [5, 5.41) is 0. The number of hydrogen-bond acceptors (Lipinski definition) is 7. The van der Waals surface area contributed by atoms with Crippen LogP contribution in [0.1, 0.15) is 10.4 Å². The predicted molar refractivity (Wildman–Crippen MR) is 72.1 cm³/mol. The maximum atomic E-state index is 12.0. The van der Waals surface area contributed by atoms with Crippen molar-refractivity contribution < 1.29 is 19.0 Å². The Morgan fingerprint density at radius 2 is 1.95 bits per heavy atom. The number of nitrogens with zero attached hydrogens (tertiary/aromatic N) is 3. The van der Waals surface area contributed by atoms with Gasteiger partial charge in [-0.25, -0.2) is 9.78 Å². The van der Waals surface area contributed by atoms with Crippen molar-refractivity contribution in [2.24, 2.45) is 0 Å². The van der Waals surface area contributed by atoms with Crippen molar-refractivity contribution in [3.63, 3.8) is 0 Å². The standard InChI is InChI=1S/C13H13N3O5/c1-19-11-9(6-14-13(15-11)21-3)16-7-8(12(18)20-2)4-5-10(16)17/h4-7H,1-3H3. The molecule has 8 heteroatoms. The zero-order chi connectivity index (χ0) is 15.4. The van der Waals surface area contributed by atoms with Gasteiger partial charge < -0.3 is 14.2 Å². The Hall–Kier alpha value is -2.90. The van der Waals surface area contributed by atoms with Crippen LogP contribution in [0.25, 0.3) is 5.69 Å². The van der Waals surface area contributed by atoms with Gasteiger partial charge in [-0.3, -0.25) is 9.36 Å². The summed E-state index contributed by atoms with van der Waals surface area (Å²) >= 11 is 0. The molecule has 0 bridgehead atoms. The summed E-state index contributed by atoms with van der Waals surface area (Å²) in [7, 11) is 4.08. The highest BCUT2D eigenvalue weighted by molar-refractivity contribution is 5.88. The molecule has 2 rings (SSSR count). The van der Waals surface area contributed by atoms with Crippen LogP contribution in [0.15, 0.2) is 29.3 Å². The number of methoxy groups -OCH3 is 3. The maximum Gasteiger partial charge on any atom is 0.339 e. The van der Waals surface area contributed by atoms with Crippen molar-refractivity contribution in [1.29, 1.82) is 0 Å². The summed E-state index contributed by atoms with van der Waals surface area (Å²) in [4.78, 5) is 31.4. The Morgan fingerprint density at radius 3 is 2.57 bits per heavy atom. The molecule has 2 heterocycles. The topological polar surface area (TPSA) is 92.5 Å². The Bertz CT molecular complexity index is 726. The molecular formula is C13H13N3O5. The van der Waals surface area contributed by atoms with E-state index < -0.39 is 5.97 Å². The normalized spacial score (nSPS) is 10.0. The van der Waals surface area contributed by atoms with E-state index in [2.05, 4.69) is 14.7 Å². The molecule has 0 N–H and O–H groups in total. The second-order valence-electron chi connectivity index (χ2n) is 3.87. The number of aromatic nitrogens is 3. The molecule has 21 heavy (non-hydrogen) atoms. The molecule has 8 nitrogen and oxygen atoms in total. The molecule has 2 aromatic rings. The van der Waals surface area contributed by atoms with Gasteiger partial charge in [0, 0.05) is 12.3 Å². The van der Waals surface area contributed by atoms with Crippen LogP contribution >= 0.6 is 0 Å². The molecule has 0 aliphatic rings. The lowest BCUT2D eigenvalue weighted by atomic mass is 10.3. The van der Waals surface area contributed by atoms with Gasteiger partial charge in [0.2, 0.25) is 5.88 Å². The van der Waals surface area contributed by atoms with E-state index in [9.17, 15) is 9.59 Å². The molecule has 0 spiro atoms. The van der Waals surface area contributed by atoms with Gasteiger partial charge in [-0.05, 0) is 6.07 Å². The van der Waals surface area contributed by atoms with Crippen molar-refractivity contribution in [2.45, 2.75) is 0 Å². The maximum absolute atomic E-state index is 12.0. The zero-order valence-electron chi connectivity index (χ0n) is 11.7. The molecule has 2 aromatic heterocycles. The smallest absolute Gasteiger partial charge is 0.339 e. The van der Waals surface area contributed by atoms with Crippen molar-refractivity contribution in [1.82, 2.24) is 14.5 Å². The van der Waals surface area contributed by atoms with Crippen LogP contribution in [-0.2, 0) is 4.74 Å². The van der Waals surface area contributed by atoms with E-state index in [-0.39, 0.29) is 28.7 Å². The Morgan fingerprint density at radius 1 is 1.19 bits per heavy atom. The molecule has 0 saturated carbocycles. The summed E-state index contributed by atoms with van der Waals surface area (Å²) in [5.41, 5.74) is 0.138. The fourth-order valence-corrected chi connectivity index (χ4v) is 1.67. The molecule has 110 valence electrons. The third-order valence-electron chi connectivity index (χ3n) is 2.68. The fourth-order valence-electron chi connectivity index (χ4n) is 1.67. The lowest BCUT2D eigenvalue weighted by Gasteiger charge is -2.11. The van der Waals surface area contributed by atoms with E-state index in [1.807, 2.05) is 0 Å². The van der Waals surface area contributed by atoms with Gasteiger partial charge in [0.25, 0.3) is 5.56 Å². The molecule has 0 fully saturated rings. The van der Waals surface area contributed by atoms with E-state index in [4.69, 9.17) is 9.47 Å². The van der Waals surface area contributed by atoms with Crippen LogP contribution in [0.5, 0.6) is 11.9 Å². The summed E-state index contributed by atoms with van der Waals surface area (Å²) in [6, 6.07) is 2.73. The second kappa shape index (κ2) is 6.04. The Kier molecular flexibility index (Phi) is 4.17. The van der Waals surface area contributed by atoms with Crippen molar-refractivity contribution in [3.8, 4) is 17.6 Å². The Labute approximate surface area is 119 Å². The molecule has 0 saturated heterocycles. The third kappa shape index (κ3) is 2.83. The first kappa shape index (κ1) is 14.5. The van der Waals surface area contributed by atoms with Crippen molar-refractivity contribution in [3.05, 3.63) is 40.4 Å². The molecule has 0 amide bonds. The van der Waals surface area contributed by atoms with Gasteiger partial charge >= 0.3 is 12.0 Å². The minimum absolute atomic E-state index is 0.104. The van der Waals surface area contributed by atoms with Gasteiger partial charge in [0.1, 0.15) is 5.69 Å². The first-order valence-electron chi connectivity index (χ1n) is 5.87. The lowest BCUT2D eigenvalue weighted by molar-refractivity contribution is 0.0600. The van der Waals surface area contributed by atoms with Crippen molar-refractivity contribution >= 4 is 5.97 Å². The number of pyridine rings is 1. The minimum Gasteiger partial charge on any atom is -0.479 e. The van der Waals surface area contributed by atoms with E-state index in [0.717, 1.165) is 0 Å². The zero-order valence-corrected chi connectivity index (χ0v) is 11.7. The van der Waals surface area contributed by atoms with Crippen molar-refractivity contribution in [2.75, 3.05) is 21.3 Å². The summed E-state index contributed by atoms with van der Waals surface area (Å²) < 4.78 is 15.8. The second-order valence-corrected chi connectivity index (χ2v) is 3.87. The highest BCUT2D eigenvalue weighted by atomic mass is 16.5. The average molecular weight is 291 g/mol. The van der Waals surface area contributed by atoms with Gasteiger partial charge in [0.05, 0.1) is 33.1 Å². The van der Waals surface area contributed by atoms with E-state index in [1.165, 1.54) is 50.4 Å². The monoisotopic (exact) mass is 291 g/mol. The predicted octanol–water partition coefficient (Wildman–Crippen LogP) is 0.431. The van der Waals surface area contributed by atoms with Crippen LogP contribution in [-0.4, -0.2) is 41.8 Å². The quantitative estimate of drug-likeness (QED) is 0.754. The SMILES string of the molecule is COC(=O)c1ccc(=O)n(-c2cnc(OC)nc2OC)c1. The molecule has 0 aliphatic heterocycles. The number of hydrogen-bond donors (Lipinski definition) is 0. The molecule has 0 aliphatic carbocycles. The molecule has 0 atom stereocenters. The van der Waals surface area contributed by atoms with E-state index >= 15 is 0 Å². The first-order chi connectivity index (χ1) is 10.1. The molecular weight excluding hydrogens is 278 g/mol. The molecule has 0 radical (unpaired) electrons. The number of carbonyl (C=O) groups excluding carboxylic acids is 1. The van der Waals surface area contributed by atoms with Crippen LogP contribution < -0.4 is 15.0 Å². The van der Waals surface area contributed by atoms with E-state index in [0.29, 0.717) is 0 Å². The lowest BCUT2D eigenvalue weighted by Crippen LogP contribution is -2.20. The minimum atomic E-state index is -0.558. The van der Waals surface area contributed by atoms with Crippen LogP contribution in [0.4, 0.5) is 0 Å². The van der Waals surface area contributed by atoms with Gasteiger partial charge in [-0.2, -0.15) is 4.98 Å². The van der Waals surface area contributed by atoms with Crippen LogP contribution in [0, 0.1) is 0 Å². The number of esters is 1. The Balaban J connectivity index is 2.60. The highest BCUT2D eigenvalue weighted by Gasteiger charge is 2.14.